The third kappa shape index (κ3) is 10.1. The van der Waals surface area contributed by atoms with Crippen LogP contribution >= 0.6 is 0 Å². The smallest absolute Gasteiger partial charge is 0.306 e. The molecule has 0 spiro atoms. The Morgan fingerprint density at radius 1 is 1.06 bits per heavy atom. The molecule has 0 unspecified atom stereocenters. The number of esters is 1. The van der Waals surface area contributed by atoms with Crippen LogP contribution in [0.4, 0.5) is 0 Å². The van der Waals surface area contributed by atoms with Gasteiger partial charge < -0.3 is 14.6 Å². The highest BCUT2D eigenvalue weighted by atomic mass is 16.6. The van der Waals surface area contributed by atoms with Crippen LogP contribution in [0.25, 0.3) is 0 Å². The van der Waals surface area contributed by atoms with E-state index < -0.39 is 17.5 Å². The van der Waals surface area contributed by atoms with Crippen LogP contribution in [0.2, 0.25) is 0 Å². The maximum absolute atomic E-state index is 11.4. The van der Waals surface area contributed by atoms with Gasteiger partial charge in [-0.1, -0.05) is 0 Å². The number of carbonyl (C=O) groups excluding carboxylic acids is 1. The molecule has 0 atom stereocenters. The lowest BCUT2D eigenvalue weighted by Gasteiger charge is -2.27. The van der Waals surface area contributed by atoms with E-state index in [2.05, 4.69) is 0 Å². The second-order valence-corrected chi connectivity index (χ2v) is 5.84. The molecule has 5 heteroatoms. The van der Waals surface area contributed by atoms with Gasteiger partial charge in [0.15, 0.2) is 0 Å². The first kappa shape index (κ1) is 16.9. The van der Waals surface area contributed by atoms with Crippen molar-refractivity contribution in [2.45, 2.75) is 65.1 Å². The van der Waals surface area contributed by atoms with Gasteiger partial charge in [0.05, 0.1) is 25.0 Å². The zero-order chi connectivity index (χ0) is 14.4. The van der Waals surface area contributed by atoms with Gasteiger partial charge >= 0.3 is 11.9 Å². The minimum absolute atomic E-state index is 0.0983. The van der Waals surface area contributed by atoms with Crippen LogP contribution in [0.15, 0.2) is 0 Å². The Bertz CT molecular complexity index is 288. The van der Waals surface area contributed by atoms with Gasteiger partial charge in [0.2, 0.25) is 0 Å². The van der Waals surface area contributed by atoms with Crippen molar-refractivity contribution >= 4 is 11.9 Å². The summed E-state index contributed by atoms with van der Waals surface area (Å²) in [7, 11) is 0. The Morgan fingerprint density at radius 2 is 1.61 bits per heavy atom. The zero-order valence-corrected chi connectivity index (χ0v) is 11.9. The summed E-state index contributed by atoms with van der Waals surface area (Å²) in [6, 6.07) is 0. The molecular formula is C13H24O5. The van der Waals surface area contributed by atoms with E-state index in [4.69, 9.17) is 14.6 Å². The van der Waals surface area contributed by atoms with Crippen LogP contribution in [0, 0.1) is 0 Å². The molecule has 0 saturated heterocycles. The molecule has 0 aromatic heterocycles. The summed E-state index contributed by atoms with van der Waals surface area (Å²) >= 11 is 0. The van der Waals surface area contributed by atoms with Crippen molar-refractivity contribution in [2.75, 3.05) is 6.61 Å². The molecule has 0 aromatic rings. The number of hydrogen-bond donors (Lipinski definition) is 1. The number of ether oxygens (including phenoxy) is 2. The van der Waals surface area contributed by atoms with Gasteiger partial charge in [0.1, 0.15) is 5.60 Å². The number of carboxylic acids is 1. The molecular weight excluding hydrogens is 236 g/mol. The third-order valence-corrected chi connectivity index (χ3v) is 2.17. The topological polar surface area (TPSA) is 72.8 Å². The zero-order valence-electron chi connectivity index (χ0n) is 11.9. The SMILES string of the molecule is CC(C)(C)OCCC(C)(C)OC(=O)CCC(=O)O. The van der Waals surface area contributed by atoms with E-state index in [0.717, 1.165) is 0 Å². The van der Waals surface area contributed by atoms with Gasteiger partial charge in [-0.05, 0) is 34.6 Å². The molecule has 0 fully saturated rings. The number of rotatable bonds is 7. The number of aliphatic carboxylic acids is 1. The van der Waals surface area contributed by atoms with Crippen LogP contribution in [-0.2, 0) is 19.1 Å². The summed E-state index contributed by atoms with van der Waals surface area (Å²) in [5.41, 5.74) is -0.857. The predicted molar refractivity (Wildman–Crippen MR) is 67.4 cm³/mol. The molecule has 0 heterocycles. The van der Waals surface area contributed by atoms with Crippen molar-refractivity contribution < 1.29 is 24.2 Å². The monoisotopic (exact) mass is 260 g/mol. The molecule has 0 aliphatic heterocycles. The molecule has 0 saturated carbocycles. The summed E-state index contributed by atoms with van der Waals surface area (Å²) < 4.78 is 10.8. The highest BCUT2D eigenvalue weighted by molar-refractivity contribution is 5.76. The minimum atomic E-state index is -0.999. The van der Waals surface area contributed by atoms with Crippen LogP contribution in [-0.4, -0.2) is 34.9 Å². The number of carbonyl (C=O) groups is 2. The molecule has 1 N–H and O–H groups in total. The van der Waals surface area contributed by atoms with E-state index in [1.807, 2.05) is 20.8 Å². The molecule has 0 aliphatic carbocycles. The van der Waals surface area contributed by atoms with Crippen molar-refractivity contribution in [3.63, 3.8) is 0 Å². The summed E-state index contributed by atoms with van der Waals surface area (Å²) in [4.78, 5) is 21.7. The molecule has 0 aromatic carbocycles. The first-order chi connectivity index (χ1) is 8.02. The fourth-order valence-corrected chi connectivity index (χ4v) is 1.22. The van der Waals surface area contributed by atoms with Gasteiger partial charge in [0.25, 0.3) is 0 Å². The van der Waals surface area contributed by atoms with E-state index in [9.17, 15) is 9.59 Å². The lowest BCUT2D eigenvalue weighted by atomic mass is 10.1. The van der Waals surface area contributed by atoms with Gasteiger partial charge in [0, 0.05) is 6.42 Å². The van der Waals surface area contributed by atoms with E-state index >= 15 is 0 Å². The lowest BCUT2D eigenvalue weighted by Crippen LogP contribution is -2.31. The second-order valence-electron chi connectivity index (χ2n) is 5.84. The minimum Gasteiger partial charge on any atom is -0.481 e. The van der Waals surface area contributed by atoms with Gasteiger partial charge in [-0.3, -0.25) is 9.59 Å². The largest absolute Gasteiger partial charge is 0.481 e. The van der Waals surface area contributed by atoms with Crippen molar-refractivity contribution in [2.24, 2.45) is 0 Å². The molecule has 0 rings (SSSR count). The standard InChI is InChI=1S/C13H24O5/c1-12(2,3)17-9-8-13(4,5)18-11(16)7-6-10(14)15/h6-9H2,1-5H3,(H,14,15). The van der Waals surface area contributed by atoms with E-state index in [1.54, 1.807) is 13.8 Å². The second kappa shape index (κ2) is 6.73. The summed E-state index contributed by atoms with van der Waals surface area (Å²) in [6.45, 7) is 9.94. The Labute approximate surface area is 108 Å². The first-order valence-corrected chi connectivity index (χ1v) is 6.09. The fourth-order valence-electron chi connectivity index (χ4n) is 1.22. The molecule has 0 amide bonds. The maximum Gasteiger partial charge on any atom is 0.306 e. The molecule has 0 radical (unpaired) electrons. The fraction of sp³-hybridized carbons (Fsp3) is 0.846. The molecule has 0 bridgehead atoms. The highest BCUT2D eigenvalue weighted by Gasteiger charge is 2.24. The average Bonchev–Trinajstić information content (AvgIpc) is 2.11. The van der Waals surface area contributed by atoms with E-state index in [-0.39, 0.29) is 18.4 Å². The Morgan fingerprint density at radius 3 is 2.06 bits per heavy atom. The van der Waals surface area contributed by atoms with Crippen LogP contribution in [0.5, 0.6) is 0 Å². The Hall–Kier alpha value is -1.10. The summed E-state index contributed by atoms with van der Waals surface area (Å²) in [6.07, 6.45) is 0.273. The van der Waals surface area contributed by atoms with Crippen molar-refractivity contribution in [3.8, 4) is 0 Å². The highest BCUT2D eigenvalue weighted by Crippen LogP contribution is 2.18. The summed E-state index contributed by atoms with van der Waals surface area (Å²) in [5.74, 6) is -1.49. The number of hydrogen-bond acceptors (Lipinski definition) is 4. The Kier molecular flexibility index (Phi) is 6.32. The van der Waals surface area contributed by atoms with E-state index in [1.165, 1.54) is 0 Å². The lowest BCUT2D eigenvalue weighted by molar-refractivity contribution is -0.160. The quantitative estimate of drug-likeness (QED) is 0.711. The van der Waals surface area contributed by atoms with Crippen molar-refractivity contribution in [1.82, 2.24) is 0 Å². The average molecular weight is 260 g/mol. The first-order valence-electron chi connectivity index (χ1n) is 6.09. The van der Waals surface area contributed by atoms with Crippen molar-refractivity contribution in [1.29, 1.82) is 0 Å². The van der Waals surface area contributed by atoms with Gasteiger partial charge in [-0.2, -0.15) is 0 Å². The Balaban J connectivity index is 3.99. The van der Waals surface area contributed by atoms with Crippen LogP contribution in [0.1, 0.15) is 53.9 Å². The van der Waals surface area contributed by atoms with E-state index in [0.29, 0.717) is 13.0 Å². The number of carboxylic acid groups (broad SMARTS) is 1. The molecule has 18 heavy (non-hydrogen) atoms. The molecule has 0 aliphatic rings. The predicted octanol–water partition coefficient (Wildman–Crippen LogP) is 2.38. The van der Waals surface area contributed by atoms with Gasteiger partial charge in [-0.25, -0.2) is 0 Å². The van der Waals surface area contributed by atoms with Crippen LogP contribution in [0.3, 0.4) is 0 Å². The normalized spacial score (nSPS) is 12.3. The maximum atomic E-state index is 11.4. The molecule has 5 nitrogen and oxygen atoms in total. The summed E-state index contributed by atoms with van der Waals surface area (Å²) in [5, 5.41) is 8.46. The molecule has 106 valence electrons. The van der Waals surface area contributed by atoms with Crippen molar-refractivity contribution in [3.05, 3.63) is 0 Å². The van der Waals surface area contributed by atoms with Crippen LogP contribution < -0.4 is 0 Å². The third-order valence-electron chi connectivity index (χ3n) is 2.17. The van der Waals surface area contributed by atoms with Gasteiger partial charge in [-0.15, -0.1) is 0 Å².